The van der Waals surface area contributed by atoms with Crippen LogP contribution in [0.15, 0.2) is 12.1 Å². The summed E-state index contributed by atoms with van der Waals surface area (Å²) in [7, 11) is 0. The smallest absolute Gasteiger partial charge is 0.258 e. The Bertz CT molecular complexity index is 497. The fraction of sp³-hybridized carbons (Fsp3) is 0.588. The molecule has 1 rings (SSSR count). The molecule has 0 fully saturated rings. The zero-order chi connectivity index (χ0) is 18.2. The van der Waals surface area contributed by atoms with E-state index in [1.54, 1.807) is 0 Å². The quantitative estimate of drug-likeness (QED) is 0.649. The molecule has 0 aliphatic heterocycles. The number of hydrogen-bond donors (Lipinski definition) is 1. The van der Waals surface area contributed by atoms with Crippen molar-refractivity contribution in [2.45, 2.75) is 47.6 Å². The Morgan fingerprint density at radius 2 is 1.43 bits per heavy atom. The van der Waals surface area contributed by atoms with Crippen LogP contribution in [0, 0.1) is 11.8 Å². The zero-order valence-corrected chi connectivity index (χ0v) is 16.8. The van der Waals surface area contributed by atoms with Crippen molar-refractivity contribution in [3.8, 4) is 5.75 Å². The molecule has 23 heavy (non-hydrogen) atoms. The summed E-state index contributed by atoms with van der Waals surface area (Å²) in [6.45, 7) is 12.6. The number of rotatable bonds is 5. The highest BCUT2D eigenvalue weighted by molar-refractivity contribution is 6.43. The first-order valence-electron chi connectivity index (χ1n) is 7.61. The number of halogens is 3. The summed E-state index contributed by atoms with van der Waals surface area (Å²) >= 11 is 17.5. The van der Waals surface area contributed by atoms with Gasteiger partial charge in [0.15, 0.2) is 6.61 Å². The van der Waals surface area contributed by atoms with Crippen molar-refractivity contribution < 1.29 is 9.53 Å². The van der Waals surface area contributed by atoms with Gasteiger partial charge in [0.05, 0.1) is 15.1 Å². The van der Waals surface area contributed by atoms with E-state index in [0.29, 0.717) is 20.8 Å². The van der Waals surface area contributed by atoms with Crippen LogP contribution in [0.3, 0.4) is 0 Å². The average Bonchev–Trinajstić information content (AvgIpc) is 2.41. The third kappa shape index (κ3) is 9.95. The molecule has 1 aromatic carbocycles. The molecule has 6 heteroatoms. The predicted octanol–water partition coefficient (Wildman–Crippen LogP) is 5.85. The van der Waals surface area contributed by atoms with Crippen molar-refractivity contribution in [3.63, 3.8) is 0 Å². The molecule has 0 aliphatic rings. The molecule has 0 saturated carbocycles. The molecule has 0 aromatic heterocycles. The van der Waals surface area contributed by atoms with Crippen molar-refractivity contribution in [3.05, 3.63) is 27.2 Å². The van der Waals surface area contributed by atoms with Crippen LogP contribution in [-0.2, 0) is 4.79 Å². The average molecular weight is 383 g/mol. The van der Waals surface area contributed by atoms with Gasteiger partial charge in [-0.2, -0.15) is 0 Å². The van der Waals surface area contributed by atoms with Gasteiger partial charge >= 0.3 is 0 Å². The summed E-state index contributed by atoms with van der Waals surface area (Å²) in [5.41, 5.74) is 0. The van der Waals surface area contributed by atoms with Gasteiger partial charge in [-0.05, 0) is 31.7 Å². The SMILES string of the molecule is CC(C)C(C)C.CC(C)NC(=O)COc1cc(Cl)c(Cl)cc1Cl. The molecule has 0 bridgehead atoms. The van der Waals surface area contributed by atoms with Crippen LogP contribution >= 0.6 is 34.8 Å². The Balaban J connectivity index is 0.000000688. The Hall–Kier alpha value is -0.640. The maximum absolute atomic E-state index is 11.4. The number of amides is 1. The summed E-state index contributed by atoms with van der Waals surface area (Å²) in [5.74, 6) is 1.82. The van der Waals surface area contributed by atoms with Crippen LogP contribution in [-0.4, -0.2) is 18.6 Å². The van der Waals surface area contributed by atoms with E-state index in [-0.39, 0.29) is 18.6 Å². The fourth-order valence-electron chi connectivity index (χ4n) is 1.12. The number of carbonyl (C=O) groups excluding carboxylic acids is 1. The summed E-state index contributed by atoms with van der Waals surface area (Å²) in [4.78, 5) is 11.4. The van der Waals surface area contributed by atoms with Crippen molar-refractivity contribution in [1.29, 1.82) is 0 Å². The Labute approximate surface area is 154 Å². The third-order valence-electron chi connectivity index (χ3n) is 3.12. The Kier molecular flexibility index (Phi) is 10.7. The number of ether oxygens (including phenoxy) is 1. The summed E-state index contributed by atoms with van der Waals surface area (Å²) in [5, 5.41) is 3.68. The summed E-state index contributed by atoms with van der Waals surface area (Å²) < 4.78 is 5.25. The van der Waals surface area contributed by atoms with E-state index in [4.69, 9.17) is 39.5 Å². The van der Waals surface area contributed by atoms with Crippen LogP contribution < -0.4 is 10.1 Å². The van der Waals surface area contributed by atoms with Gasteiger partial charge < -0.3 is 10.1 Å². The molecule has 1 N–H and O–H groups in total. The van der Waals surface area contributed by atoms with Crippen LogP contribution in [0.5, 0.6) is 5.75 Å². The number of carbonyl (C=O) groups is 1. The molecule has 3 nitrogen and oxygen atoms in total. The van der Waals surface area contributed by atoms with Crippen LogP contribution in [0.4, 0.5) is 0 Å². The number of nitrogens with one attached hydrogen (secondary N) is 1. The minimum absolute atomic E-state index is 0.0652. The van der Waals surface area contributed by atoms with E-state index in [9.17, 15) is 4.79 Å². The van der Waals surface area contributed by atoms with Crippen molar-refractivity contribution in [2.75, 3.05) is 6.61 Å². The van der Waals surface area contributed by atoms with Gasteiger partial charge in [0.25, 0.3) is 5.91 Å². The molecule has 0 saturated heterocycles. The molecule has 0 unspecified atom stereocenters. The monoisotopic (exact) mass is 381 g/mol. The lowest BCUT2D eigenvalue weighted by molar-refractivity contribution is -0.123. The molecule has 0 heterocycles. The second kappa shape index (κ2) is 11.0. The van der Waals surface area contributed by atoms with Gasteiger partial charge in [-0.25, -0.2) is 0 Å². The Morgan fingerprint density at radius 3 is 1.87 bits per heavy atom. The van der Waals surface area contributed by atoms with Gasteiger partial charge in [-0.3, -0.25) is 4.79 Å². The van der Waals surface area contributed by atoms with E-state index < -0.39 is 0 Å². The first-order valence-corrected chi connectivity index (χ1v) is 8.74. The van der Waals surface area contributed by atoms with E-state index in [1.165, 1.54) is 12.1 Å². The minimum atomic E-state index is -0.220. The first kappa shape index (κ1) is 22.4. The third-order valence-corrected chi connectivity index (χ3v) is 4.13. The lowest BCUT2D eigenvalue weighted by Crippen LogP contribution is -2.34. The zero-order valence-electron chi connectivity index (χ0n) is 14.5. The fourth-order valence-corrected chi connectivity index (χ4v) is 1.71. The van der Waals surface area contributed by atoms with Crippen molar-refractivity contribution >= 4 is 40.7 Å². The standard InChI is InChI=1S/C11H12Cl3NO2.C6H14/c1-6(2)15-11(16)5-17-10-4-8(13)7(12)3-9(10)14;1-5(2)6(3)4/h3-4,6H,5H2,1-2H3,(H,15,16);5-6H,1-4H3. The molecular weight excluding hydrogens is 357 g/mol. The predicted molar refractivity (Wildman–Crippen MR) is 99.9 cm³/mol. The summed E-state index contributed by atoms with van der Waals surface area (Å²) in [6.07, 6.45) is 0. The normalized spacial score (nSPS) is 10.6. The highest BCUT2D eigenvalue weighted by Gasteiger charge is 2.09. The van der Waals surface area contributed by atoms with Gasteiger partial charge in [0, 0.05) is 12.1 Å². The van der Waals surface area contributed by atoms with Gasteiger partial charge in [-0.1, -0.05) is 62.5 Å². The molecule has 0 spiro atoms. The largest absolute Gasteiger partial charge is 0.482 e. The Morgan fingerprint density at radius 1 is 0.957 bits per heavy atom. The molecule has 0 aliphatic carbocycles. The topological polar surface area (TPSA) is 38.3 Å². The van der Waals surface area contributed by atoms with Gasteiger partial charge in [0.2, 0.25) is 0 Å². The lowest BCUT2D eigenvalue weighted by atomic mass is 10.0. The molecule has 0 atom stereocenters. The number of hydrogen-bond acceptors (Lipinski definition) is 2. The highest BCUT2D eigenvalue weighted by atomic mass is 35.5. The van der Waals surface area contributed by atoms with Gasteiger partial charge in [0.1, 0.15) is 5.75 Å². The minimum Gasteiger partial charge on any atom is -0.482 e. The highest BCUT2D eigenvalue weighted by Crippen LogP contribution is 2.33. The van der Waals surface area contributed by atoms with Crippen molar-refractivity contribution in [1.82, 2.24) is 5.32 Å². The number of benzene rings is 1. The maximum Gasteiger partial charge on any atom is 0.258 e. The summed E-state index contributed by atoms with van der Waals surface area (Å²) in [6, 6.07) is 3.02. The molecule has 0 radical (unpaired) electrons. The van der Waals surface area contributed by atoms with Gasteiger partial charge in [-0.15, -0.1) is 0 Å². The molecular formula is C17H26Cl3NO2. The molecule has 1 amide bonds. The van der Waals surface area contributed by atoms with Crippen molar-refractivity contribution in [2.24, 2.45) is 11.8 Å². The second-order valence-corrected chi connectivity index (χ2v) is 7.42. The first-order chi connectivity index (χ1) is 10.5. The second-order valence-electron chi connectivity index (χ2n) is 6.20. The lowest BCUT2D eigenvalue weighted by Gasteiger charge is -2.11. The van der Waals surface area contributed by atoms with E-state index in [2.05, 4.69) is 33.0 Å². The van der Waals surface area contributed by atoms with Crippen LogP contribution in [0.2, 0.25) is 15.1 Å². The molecule has 132 valence electrons. The van der Waals surface area contributed by atoms with Crippen LogP contribution in [0.25, 0.3) is 0 Å². The molecule has 1 aromatic rings. The van der Waals surface area contributed by atoms with E-state index in [0.717, 1.165) is 11.8 Å². The van der Waals surface area contributed by atoms with E-state index in [1.807, 2.05) is 13.8 Å². The maximum atomic E-state index is 11.4. The van der Waals surface area contributed by atoms with E-state index >= 15 is 0 Å². The van der Waals surface area contributed by atoms with Crippen LogP contribution in [0.1, 0.15) is 41.5 Å².